The number of halogens is 4. The van der Waals surface area contributed by atoms with Crippen molar-refractivity contribution < 1.29 is 30.8 Å². The van der Waals surface area contributed by atoms with Crippen molar-refractivity contribution in [3.8, 4) is 0 Å². The highest BCUT2D eigenvalue weighted by molar-refractivity contribution is 7.91. The lowest BCUT2D eigenvalue weighted by Crippen LogP contribution is -2.44. The van der Waals surface area contributed by atoms with Gasteiger partial charge in [0.05, 0.1) is 17.2 Å². The predicted molar refractivity (Wildman–Crippen MR) is 132 cm³/mol. The first-order valence-electron chi connectivity index (χ1n) is 12.4. The van der Waals surface area contributed by atoms with E-state index in [1.54, 1.807) is 18.3 Å². The zero-order valence-electron chi connectivity index (χ0n) is 21.2. The number of hydrogen-bond donors (Lipinski definition) is 0. The van der Waals surface area contributed by atoms with Crippen LogP contribution in [0.2, 0.25) is 0 Å². The minimum Gasteiger partial charge on any atom is -0.330 e. The van der Waals surface area contributed by atoms with Crippen molar-refractivity contribution in [1.82, 2.24) is 19.5 Å². The van der Waals surface area contributed by atoms with E-state index in [0.717, 1.165) is 23.9 Å². The molecule has 0 unspecified atom stereocenters. The van der Waals surface area contributed by atoms with Crippen LogP contribution < -0.4 is 0 Å². The van der Waals surface area contributed by atoms with E-state index in [4.69, 9.17) is 0 Å². The number of carbonyl (C=O) groups is 1. The van der Waals surface area contributed by atoms with Crippen molar-refractivity contribution >= 4 is 21.4 Å². The lowest BCUT2D eigenvalue weighted by molar-refractivity contribution is -0.190. The van der Waals surface area contributed by atoms with Crippen molar-refractivity contribution in [2.75, 3.05) is 18.6 Å². The molecule has 2 aromatic heterocycles. The second-order valence-corrected chi connectivity index (χ2v) is 13.2. The van der Waals surface area contributed by atoms with Crippen LogP contribution in [0, 0.1) is 11.9 Å². The molecular formula is C26H28F4N4O3S. The number of aromatic nitrogens is 3. The number of sulfone groups is 1. The van der Waals surface area contributed by atoms with E-state index in [2.05, 4.69) is 10.1 Å². The van der Waals surface area contributed by atoms with Crippen molar-refractivity contribution in [1.29, 1.82) is 0 Å². The standard InChI is InChI=1S/C26H28F4N4O3S/c1-25(2)13-18(19-14-31-21-12-20(27)32-34(21)23(19)25)15-4-6-16(7-5-15)22(26(28,29)30)33(3)24(35)17-8-10-38(36,37)11-9-17/h4-7,12,14,17-18,22H,8-11,13H2,1-3H3/t18-,22-/m0/s1. The monoisotopic (exact) mass is 552 g/mol. The SMILES string of the molecule is CN(C(=O)C1CCS(=O)(=O)CC1)[C@@H](c1ccc([C@@H]2CC(C)(C)c3c2cnc2cc(F)nn32)cc1)C(F)(F)F. The first kappa shape index (κ1) is 26.6. The molecule has 2 aliphatic rings. The summed E-state index contributed by atoms with van der Waals surface area (Å²) in [6.07, 6.45) is -2.38. The lowest BCUT2D eigenvalue weighted by atomic mass is 9.86. The Morgan fingerprint density at radius 2 is 1.79 bits per heavy atom. The summed E-state index contributed by atoms with van der Waals surface area (Å²) in [4.78, 5) is 18.0. The van der Waals surface area contributed by atoms with E-state index in [9.17, 15) is 30.8 Å². The Morgan fingerprint density at radius 1 is 1.16 bits per heavy atom. The fourth-order valence-electron chi connectivity index (χ4n) is 5.96. The zero-order valence-corrected chi connectivity index (χ0v) is 22.0. The van der Waals surface area contributed by atoms with Crippen molar-refractivity contribution in [3.63, 3.8) is 0 Å². The average Bonchev–Trinajstić information content (AvgIpc) is 3.33. The normalized spacial score (nSPS) is 21.8. The Hall–Kier alpha value is -3.02. The van der Waals surface area contributed by atoms with Crippen LogP contribution in [0.25, 0.3) is 5.65 Å². The third-order valence-corrected chi connectivity index (χ3v) is 9.53. The number of rotatable bonds is 4. The van der Waals surface area contributed by atoms with Crippen molar-refractivity contribution in [2.24, 2.45) is 5.92 Å². The zero-order chi connectivity index (χ0) is 27.6. The molecule has 0 radical (unpaired) electrons. The molecular weight excluding hydrogens is 524 g/mol. The molecule has 3 heterocycles. The van der Waals surface area contributed by atoms with Gasteiger partial charge in [0.2, 0.25) is 11.9 Å². The Labute approximate surface area is 217 Å². The van der Waals surface area contributed by atoms with E-state index in [1.807, 2.05) is 13.8 Å². The molecule has 204 valence electrons. The molecule has 2 atom stereocenters. The molecule has 12 heteroatoms. The predicted octanol–water partition coefficient (Wildman–Crippen LogP) is 4.57. The molecule has 38 heavy (non-hydrogen) atoms. The van der Waals surface area contributed by atoms with Crippen LogP contribution in [0.1, 0.15) is 67.5 Å². The molecule has 1 amide bonds. The first-order chi connectivity index (χ1) is 17.7. The third kappa shape index (κ3) is 4.67. The summed E-state index contributed by atoms with van der Waals surface area (Å²) >= 11 is 0. The van der Waals surface area contributed by atoms with Gasteiger partial charge in [-0.2, -0.15) is 17.6 Å². The molecule has 0 bridgehead atoms. The Kier molecular flexibility index (Phi) is 6.32. The Bertz CT molecular complexity index is 1490. The van der Waals surface area contributed by atoms with Crippen LogP contribution >= 0.6 is 0 Å². The van der Waals surface area contributed by atoms with Gasteiger partial charge in [-0.25, -0.2) is 17.9 Å². The van der Waals surface area contributed by atoms with E-state index in [-0.39, 0.29) is 41.2 Å². The minimum atomic E-state index is -4.73. The van der Waals surface area contributed by atoms with E-state index in [1.165, 1.54) is 22.7 Å². The van der Waals surface area contributed by atoms with Gasteiger partial charge in [-0.05, 0) is 30.4 Å². The highest BCUT2D eigenvalue weighted by atomic mass is 32.2. The molecule has 1 aliphatic carbocycles. The molecule has 5 rings (SSSR count). The molecule has 1 aromatic carbocycles. The fraction of sp³-hybridized carbons (Fsp3) is 0.500. The van der Waals surface area contributed by atoms with Gasteiger partial charge in [0, 0.05) is 42.1 Å². The molecule has 0 saturated carbocycles. The van der Waals surface area contributed by atoms with Crippen LogP contribution in [0.4, 0.5) is 17.6 Å². The van der Waals surface area contributed by atoms with Gasteiger partial charge in [-0.3, -0.25) is 4.79 Å². The van der Waals surface area contributed by atoms with Crippen molar-refractivity contribution in [3.05, 3.63) is 64.9 Å². The van der Waals surface area contributed by atoms with Gasteiger partial charge in [-0.15, -0.1) is 5.10 Å². The molecule has 0 N–H and O–H groups in total. The van der Waals surface area contributed by atoms with Gasteiger partial charge in [0.1, 0.15) is 9.84 Å². The number of hydrogen-bond acceptors (Lipinski definition) is 5. The highest BCUT2D eigenvalue weighted by Gasteiger charge is 2.47. The Morgan fingerprint density at radius 3 is 2.39 bits per heavy atom. The van der Waals surface area contributed by atoms with Crippen LogP contribution in [0.3, 0.4) is 0 Å². The van der Waals surface area contributed by atoms with Gasteiger partial charge >= 0.3 is 6.18 Å². The summed E-state index contributed by atoms with van der Waals surface area (Å²) in [5, 5.41) is 3.95. The Balaban J connectivity index is 1.44. The van der Waals surface area contributed by atoms with Crippen LogP contribution in [0.5, 0.6) is 0 Å². The smallest absolute Gasteiger partial charge is 0.330 e. The fourth-order valence-corrected chi connectivity index (χ4v) is 7.45. The van der Waals surface area contributed by atoms with E-state index >= 15 is 0 Å². The maximum absolute atomic E-state index is 14.2. The van der Waals surface area contributed by atoms with Gasteiger partial charge in [0.15, 0.2) is 11.7 Å². The maximum Gasteiger partial charge on any atom is 0.413 e. The largest absolute Gasteiger partial charge is 0.413 e. The van der Waals surface area contributed by atoms with E-state index in [0.29, 0.717) is 17.0 Å². The summed E-state index contributed by atoms with van der Waals surface area (Å²) < 4.78 is 81.4. The molecule has 7 nitrogen and oxygen atoms in total. The number of nitrogens with zero attached hydrogens (tertiary/aromatic N) is 4. The first-order valence-corrected chi connectivity index (χ1v) is 14.2. The number of amides is 1. The number of fused-ring (bicyclic) bond motifs is 3. The van der Waals surface area contributed by atoms with Gasteiger partial charge in [0.25, 0.3) is 0 Å². The summed E-state index contributed by atoms with van der Waals surface area (Å²) in [7, 11) is -2.13. The average molecular weight is 553 g/mol. The minimum absolute atomic E-state index is 0.0212. The topological polar surface area (TPSA) is 84.6 Å². The molecule has 1 fully saturated rings. The number of benzene rings is 1. The van der Waals surface area contributed by atoms with Gasteiger partial charge in [-0.1, -0.05) is 38.1 Å². The molecule has 1 aliphatic heterocycles. The molecule has 0 spiro atoms. The van der Waals surface area contributed by atoms with Crippen LogP contribution in [-0.2, 0) is 20.0 Å². The number of alkyl halides is 3. The molecule has 1 saturated heterocycles. The second kappa shape index (κ2) is 9.03. The van der Waals surface area contributed by atoms with E-state index < -0.39 is 39.8 Å². The number of carbonyl (C=O) groups excluding carboxylic acids is 1. The highest BCUT2D eigenvalue weighted by Crippen LogP contribution is 2.49. The summed E-state index contributed by atoms with van der Waals surface area (Å²) in [6.45, 7) is 4.02. The summed E-state index contributed by atoms with van der Waals surface area (Å²) in [5.74, 6) is -2.68. The van der Waals surface area contributed by atoms with Gasteiger partial charge < -0.3 is 4.90 Å². The lowest BCUT2D eigenvalue weighted by Gasteiger charge is -2.34. The third-order valence-electron chi connectivity index (χ3n) is 7.82. The maximum atomic E-state index is 14.2. The van der Waals surface area contributed by atoms with Crippen LogP contribution in [0.15, 0.2) is 36.5 Å². The van der Waals surface area contributed by atoms with Crippen LogP contribution in [-0.4, -0.2) is 58.6 Å². The second-order valence-electron chi connectivity index (χ2n) is 10.9. The van der Waals surface area contributed by atoms with Crippen molar-refractivity contribution in [2.45, 2.75) is 56.7 Å². The summed E-state index contributed by atoms with van der Waals surface area (Å²) in [5.41, 5.74) is 2.36. The quantitative estimate of drug-likeness (QED) is 0.443. The summed E-state index contributed by atoms with van der Waals surface area (Å²) in [6, 6.07) is 5.11. The molecule has 3 aromatic rings.